The minimum absolute atomic E-state index is 0.0255. The van der Waals surface area contributed by atoms with Crippen molar-refractivity contribution in [1.29, 1.82) is 0 Å². The molecule has 0 atom stereocenters. The lowest BCUT2D eigenvalue weighted by atomic mass is 10.1. The van der Waals surface area contributed by atoms with Gasteiger partial charge in [0, 0.05) is 15.6 Å². The Hall–Kier alpha value is -3.48. The predicted octanol–water partition coefficient (Wildman–Crippen LogP) is 5.04. The van der Waals surface area contributed by atoms with E-state index in [1.807, 2.05) is 6.07 Å². The van der Waals surface area contributed by atoms with Gasteiger partial charge in [0.2, 0.25) is 0 Å². The largest absolute Gasteiger partial charge is 0.493 e. The molecule has 0 radical (unpaired) electrons. The third-order valence-electron chi connectivity index (χ3n) is 4.80. The van der Waals surface area contributed by atoms with E-state index in [2.05, 4.69) is 5.43 Å². The van der Waals surface area contributed by atoms with Gasteiger partial charge < -0.3 is 9.47 Å². The standard InChI is InChI=1S/C24H18Cl2N2O4/c1-31-22-12-15(7-10-21(22)32-14-16-8-9-17(25)13-20(16)26)11-19-23(29)27-28(24(19)30)18-5-3-2-4-6-18/h2-13H,14H2,1H3,(H,27,29)/b19-11+. The van der Waals surface area contributed by atoms with Crippen LogP contribution in [0.5, 0.6) is 11.5 Å². The topological polar surface area (TPSA) is 67.9 Å². The van der Waals surface area contributed by atoms with Crippen LogP contribution < -0.4 is 19.9 Å². The number of amides is 2. The monoisotopic (exact) mass is 468 g/mol. The maximum atomic E-state index is 12.8. The molecule has 1 aliphatic rings. The highest BCUT2D eigenvalue weighted by Crippen LogP contribution is 2.31. The van der Waals surface area contributed by atoms with Gasteiger partial charge in [-0.15, -0.1) is 0 Å². The molecule has 0 bridgehead atoms. The molecule has 1 N–H and O–H groups in total. The van der Waals surface area contributed by atoms with Crippen LogP contribution in [0.25, 0.3) is 6.08 Å². The SMILES string of the molecule is COc1cc(/C=C2\C(=O)NN(c3ccccc3)C2=O)ccc1OCc1ccc(Cl)cc1Cl. The molecule has 3 aromatic rings. The minimum atomic E-state index is -0.476. The molecule has 1 saturated heterocycles. The molecule has 1 fully saturated rings. The second-order valence-electron chi connectivity index (χ2n) is 6.91. The summed E-state index contributed by atoms with van der Waals surface area (Å²) >= 11 is 12.1. The van der Waals surface area contributed by atoms with Gasteiger partial charge in [-0.3, -0.25) is 15.0 Å². The molecule has 8 heteroatoms. The normalized spacial score (nSPS) is 14.6. The number of nitrogens with zero attached hydrogens (tertiary/aromatic N) is 1. The molecule has 1 heterocycles. The molecule has 1 aliphatic heterocycles. The number of carbonyl (C=O) groups excluding carboxylic acids is 2. The van der Waals surface area contributed by atoms with Crippen LogP contribution in [0.1, 0.15) is 11.1 Å². The average Bonchev–Trinajstić information content (AvgIpc) is 3.08. The summed E-state index contributed by atoms with van der Waals surface area (Å²) in [4.78, 5) is 25.1. The molecule has 4 rings (SSSR count). The number of hydrogen-bond donors (Lipinski definition) is 1. The number of nitrogens with one attached hydrogen (secondary N) is 1. The van der Waals surface area contributed by atoms with Crippen LogP contribution in [-0.4, -0.2) is 18.9 Å². The van der Waals surface area contributed by atoms with E-state index in [1.54, 1.807) is 60.7 Å². The molecule has 0 saturated carbocycles. The molecule has 0 unspecified atom stereocenters. The summed E-state index contributed by atoms with van der Waals surface area (Å²) < 4.78 is 11.3. The number of benzene rings is 3. The summed E-state index contributed by atoms with van der Waals surface area (Å²) in [5.74, 6) is 0.0392. The first-order chi connectivity index (χ1) is 15.5. The van der Waals surface area contributed by atoms with Crippen molar-refractivity contribution in [2.45, 2.75) is 6.61 Å². The van der Waals surface area contributed by atoms with E-state index in [1.165, 1.54) is 18.2 Å². The minimum Gasteiger partial charge on any atom is -0.493 e. The lowest BCUT2D eigenvalue weighted by Gasteiger charge is -2.14. The van der Waals surface area contributed by atoms with Gasteiger partial charge in [0.05, 0.1) is 12.8 Å². The van der Waals surface area contributed by atoms with E-state index in [0.29, 0.717) is 32.8 Å². The lowest BCUT2D eigenvalue weighted by molar-refractivity contribution is -0.117. The molecule has 0 spiro atoms. The third kappa shape index (κ3) is 4.56. The zero-order valence-electron chi connectivity index (χ0n) is 17.0. The number of ether oxygens (including phenoxy) is 2. The predicted molar refractivity (Wildman–Crippen MR) is 124 cm³/mol. The van der Waals surface area contributed by atoms with E-state index >= 15 is 0 Å². The second kappa shape index (κ2) is 9.34. The molecule has 162 valence electrons. The van der Waals surface area contributed by atoms with Gasteiger partial charge in [0.1, 0.15) is 12.2 Å². The van der Waals surface area contributed by atoms with Gasteiger partial charge >= 0.3 is 0 Å². The zero-order valence-corrected chi connectivity index (χ0v) is 18.5. The quantitative estimate of drug-likeness (QED) is 0.406. The average molecular weight is 469 g/mol. The van der Waals surface area contributed by atoms with Crippen molar-refractivity contribution in [3.05, 3.63) is 93.5 Å². The van der Waals surface area contributed by atoms with Crippen LogP contribution in [0.3, 0.4) is 0 Å². The first kappa shape index (κ1) is 21.7. The highest BCUT2D eigenvalue weighted by Gasteiger charge is 2.34. The number of anilines is 1. The van der Waals surface area contributed by atoms with E-state index < -0.39 is 11.8 Å². The Balaban J connectivity index is 1.54. The second-order valence-corrected chi connectivity index (χ2v) is 7.75. The molecule has 0 aromatic heterocycles. The molecule has 32 heavy (non-hydrogen) atoms. The van der Waals surface area contributed by atoms with Crippen molar-refractivity contribution in [3.8, 4) is 11.5 Å². The zero-order chi connectivity index (χ0) is 22.7. The van der Waals surface area contributed by atoms with Gasteiger partial charge in [-0.25, -0.2) is 5.01 Å². The summed E-state index contributed by atoms with van der Waals surface area (Å²) in [6.07, 6.45) is 1.52. The summed E-state index contributed by atoms with van der Waals surface area (Å²) in [6, 6.07) is 19.2. The number of carbonyl (C=O) groups is 2. The van der Waals surface area contributed by atoms with Crippen LogP contribution in [0.4, 0.5) is 5.69 Å². The van der Waals surface area contributed by atoms with Crippen molar-refractivity contribution < 1.29 is 19.1 Å². The highest BCUT2D eigenvalue weighted by atomic mass is 35.5. The van der Waals surface area contributed by atoms with Crippen molar-refractivity contribution in [3.63, 3.8) is 0 Å². The number of para-hydroxylation sites is 1. The Labute approximate surface area is 194 Å². The van der Waals surface area contributed by atoms with Gasteiger partial charge in [-0.05, 0) is 48.0 Å². The smallest absolute Gasteiger partial charge is 0.282 e. The highest BCUT2D eigenvalue weighted by molar-refractivity contribution is 6.35. The number of methoxy groups -OCH3 is 1. The molecule has 0 aliphatic carbocycles. The van der Waals surface area contributed by atoms with Crippen LogP contribution in [0, 0.1) is 0 Å². The van der Waals surface area contributed by atoms with Crippen molar-refractivity contribution >= 4 is 46.8 Å². The fourth-order valence-corrected chi connectivity index (χ4v) is 3.63. The van der Waals surface area contributed by atoms with Crippen LogP contribution in [0.15, 0.2) is 72.3 Å². The Morgan fingerprint density at radius 3 is 2.47 bits per heavy atom. The van der Waals surface area contributed by atoms with Crippen molar-refractivity contribution in [2.75, 3.05) is 12.1 Å². The number of hydrogen-bond acceptors (Lipinski definition) is 4. The van der Waals surface area contributed by atoms with Gasteiger partial charge in [0.25, 0.3) is 11.8 Å². The summed E-state index contributed by atoms with van der Waals surface area (Å²) in [6.45, 7) is 0.222. The molecular formula is C24H18Cl2N2O4. The first-order valence-corrected chi connectivity index (χ1v) is 10.4. The fraction of sp³-hybridized carbons (Fsp3) is 0.0833. The summed E-state index contributed by atoms with van der Waals surface area (Å²) in [7, 11) is 1.51. The van der Waals surface area contributed by atoms with Crippen molar-refractivity contribution in [2.24, 2.45) is 0 Å². The van der Waals surface area contributed by atoms with E-state index in [4.69, 9.17) is 32.7 Å². The lowest BCUT2D eigenvalue weighted by Crippen LogP contribution is -2.35. The van der Waals surface area contributed by atoms with E-state index in [-0.39, 0.29) is 12.2 Å². The van der Waals surface area contributed by atoms with Crippen LogP contribution >= 0.6 is 23.2 Å². The van der Waals surface area contributed by atoms with E-state index in [9.17, 15) is 9.59 Å². The van der Waals surface area contributed by atoms with Gasteiger partial charge in [-0.2, -0.15) is 0 Å². The van der Waals surface area contributed by atoms with Crippen LogP contribution in [-0.2, 0) is 16.2 Å². The van der Waals surface area contributed by atoms with E-state index in [0.717, 1.165) is 5.56 Å². The summed E-state index contributed by atoms with van der Waals surface area (Å²) in [5, 5.41) is 2.27. The fourth-order valence-electron chi connectivity index (χ4n) is 3.17. The number of halogens is 2. The number of hydrazine groups is 1. The van der Waals surface area contributed by atoms with Crippen LogP contribution in [0.2, 0.25) is 10.0 Å². The third-order valence-corrected chi connectivity index (χ3v) is 5.39. The maximum absolute atomic E-state index is 12.8. The molecule has 3 aromatic carbocycles. The Morgan fingerprint density at radius 1 is 0.969 bits per heavy atom. The first-order valence-electron chi connectivity index (χ1n) is 9.63. The molecular weight excluding hydrogens is 451 g/mol. The van der Waals surface area contributed by atoms with Gasteiger partial charge in [0.15, 0.2) is 11.5 Å². The molecule has 2 amide bonds. The van der Waals surface area contributed by atoms with Crippen molar-refractivity contribution in [1.82, 2.24) is 5.43 Å². The molecule has 6 nitrogen and oxygen atoms in total. The maximum Gasteiger partial charge on any atom is 0.282 e. The Kier molecular flexibility index (Phi) is 6.35. The Bertz CT molecular complexity index is 1210. The number of rotatable bonds is 6. The summed E-state index contributed by atoms with van der Waals surface area (Å²) in [5.41, 5.74) is 4.58. The van der Waals surface area contributed by atoms with Gasteiger partial charge in [-0.1, -0.05) is 53.5 Å². The Morgan fingerprint density at radius 2 is 1.75 bits per heavy atom.